The zero-order chi connectivity index (χ0) is 6.85. The molecule has 0 aromatic carbocycles. The van der Waals surface area contributed by atoms with Crippen LogP contribution in [0.5, 0.6) is 0 Å². The SMILES string of the molecule is CC1C(C=O)CC1C=O. The molecule has 0 bridgehead atoms. The summed E-state index contributed by atoms with van der Waals surface area (Å²) in [5.41, 5.74) is 0. The molecule has 0 spiro atoms. The quantitative estimate of drug-likeness (QED) is 0.509. The molecule has 0 aromatic heterocycles. The molecule has 0 aliphatic heterocycles. The van der Waals surface area contributed by atoms with Gasteiger partial charge in [-0.05, 0) is 12.3 Å². The molecule has 0 aromatic rings. The first-order valence-corrected chi connectivity index (χ1v) is 3.20. The van der Waals surface area contributed by atoms with E-state index in [2.05, 4.69) is 0 Å². The fourth-order valence-electron chi connectivity index (χ4n) is 1.22. The lowest BCUT2D eigenvalue weighted by atomic mass is 9.67. The third-order valence-corrected chi connectivity index (χ3v) is 2.24. The maximum absolute atomic E-state index is 10.1. The minimum Gasteiger partial charge on any atom is -0.303 e. The third-order valence-electron chi connectivity index (χ3n) is 2.24. The second-order valence-electron chi connectivity index (χ2n) is 2.69. The highest BCUT2D eigenvalue weighted by molar-refractivity contribution is 5.64. The maximum atomic E-state index is 10.1. The fraction of sp³-hybridized carbons (Fsp3) is 0.714. The average Bonchev–Trinajstić information content (AvgIpc) is 1.87. The van der Waals surface area contributed by atoms with Crippen molar-refractivity contribution in [1.29, 1.82) is 0 Å². The summed E-state index contributed by atoms with van der Waals surface area (Å²) in [7, 11) is 0. The number of carbonyl (C=O) groups excluding carboxylic acids is 2. The van der Waals surface area contributed by atoms with Crippen LogP contribution in [0.4, 0.5) is 0 Å². The second kappa shape index (κ2) is 2.29. The zero-order valence-corrected chi connectivity index (χ0v) is 5.41. The lowest BCUT2D eigenvalue weighted by molar-refractivity contribution is -0.124. The summed E-state index contributed by atoms with van der Waals surface area (Å²) in [5.74, 6) is 0.598. The molecule has 50 valence electrons. The van der Waals surface area contributed by atoms with Gasteiger partial charge in [0.2, 0.25) is 0 Å². The topological polar surface area (TPSA) is 34.1 Å². The predicted molar refractivity (Wildman–Crippen MR) is 32.9 cm³/mol. The molecule has 1 aliphatic carbocycles. The molecule has 2 heteroatoms. The van der Waals surface area contributed by atoms with Gasteiger partial charge in [-0.1, -0.05) is 6.92 Å². The van der Waals surface area contributed by atoms with E-state index in [1.807, 2.05) is 6.92 Å². The van der Waals surface area contributed by atoms with Gasteiger partial charge < -0.3 is 9.59 Å². The minimum absolute atomic E-state index is 0.153. The molecule has 1 fully saturated rings. The lowest BCUT2D eigenvalue weighted by Gasteiger charge is -2.35. The van der Waals surface area contributed by atoms with Crippen LogP contribution in [-0.2, 0) is 9.59 Å². The molecule has 0 amide bonds. The van der Waals surface area contributed by atoms with E-state index in [4.69, 9.17) is 0 Å². The molecule has 0 saturated heterocycles. The van der Waals surface area contributed by atoms with Crippen molar-refractivity contribution in [3.63, 3.8) is 0 Å². The summed E-state index contributed by atoms with van der Waals surface area (Å²) >= 11 is 0. The van der Waals surface area contributed by atoms with Crippen molar-refractivity contribution in [2.75, 3.05) is 0 Å². The average molecular weight is 126 g/mol. The predicted octanol–water partition coefficient (Wildman–Crippen LogP) is 0.656. The number of hydrogen-bond donors (Lipinski definition) is 0. The molecule has 1 aliphatic rings. The van der Waals surface area contributed by atoms with Crippen LogP contribution < -0.4 is 0 Å². The van der Waals surface area contributed by atoms with E-state index in [0.717, 1.165) is 19.0 Å². The number of carbonyl (C=O) groups is 2. The normalized spacial score (nSPS) is 41.2. The van der Waals surface area contributed by atoms with Crippen LogP contribution >= 0.6 is 0 Å². The number of rotatable bonds is 2. The lowest BCUT2D eigenvalue weighted by Crippen LogP contribution is -2.36. The highest BCUT2D eigenvalue weighted by Crippen LogP contribution is 2.36. The third kappa shape index (κ3) is 0.889. The van der Waals surface area contributed by atoms with E-state index in [0.29, 0.717) is 5.92 Å². The summed E-state index contributed by atoms with van der Waals surface area (Å²) in [6.45, 7) is 1.95. The van der Waals surface area contributed by atoms with E-state index in [-0.39, 0.29) is 11.8 Å². The van der Waals surface area contributed by atoms with Gasteiger partial charge in [0, 0.05) is 11.8 Å². The first-order chi connectivity index (χ1) is 4.29. The summed E-state index contributed by atoms with van der Waals surface area (Å²) in [5, 5.41) is 0. The number of hydrogen-bond acceptors (Lipinski definition) is 2. The Morgan fingerprint density at radius 2 is 1.67 bits per heavy atom. The van der Waals surface area contributed by atoms with Gasteiger partial charge in [-0.2, -0.15) is 0 Å². The van der Waals surface area contributed by atoms with Crippen molar-refractivity contribution in [3.05, 3.63) is 0 Å². The standard InChI is InChI=1S/C7H10O2/c1-5-6(3-8)2-7(5)4-9/h3-7H,2H2,1H3. The molecule has 0 heterocycles. The molecular formula is C7H10O2. The van der Waals surface area contributed by atoms with Crippen LogP contribution in [0.3, 0.4) is 0 Å². The molecule has 0 N–H and O–H groups in total. The Labute approximate surface area is 54.2 Å². The van der Waals surface area contributed by atoms with Gasteiger partial charge in [-0.3, -0.25) is 0 Å². The zero-order valence-electron chi connectivity index (χ0n) is 5.41. The highest BCUT2D eigenvalue weighted by atomic mass is 16.1. The van der Waals surface area contributed by atoms with E-state index < -0.39 is 0 Å². The maximum Gasteiger partial charge on any atom is 0.123 e. The summed E-state index contributed by atoms with van der Waals surface area (Å²) in [6.07, 6.45) is 2.67. The first kappa shape index (κ1) is 6.46. The van der Waals surface area contributed by atoms with Gasteiger partial charge in [0.1, 0.15) is 12.6 Å². The van der Waals surface area contributed by atoms with E-state index in [9.17, 15) is 9.59 Å². The molecule has 1 saturated carbocycles. The Hall–Kier alpha value is -0.660. The van der Waals surface area contributed by atoms with Crippen LogP contribution in [0.15, 0.2) is 0 Å². The van der Waals surface area contributed by atoms with Gasteiger partial charge in [-0.25, -0.2) is 0 Å². The summed E-state index contributed by atoms with van der Waals surface area (Å²) in [4.78, 5) is 20.3. The molecule has 2 nitrogen and oxygen atoms in total. The van der Waals surface area contributed by atoms with Gasteiger partial charge in [0.25, 0.3) is 0 Å². The molecule has 1 rings (SSSR count). The Kier molecular flexibility index (Phi) is 1.65. The van der Waals surface area contributed by atoms with E-state index in [1.54, 1.807) is 0 Å². The van der Waals surface area contributed by atoms with Crippen molar-refractivity contribution < 1.29 is 9.59 Å². The number of aldehydes is 2. The Morgan fingerprint density at radius 3 is 1.89 bits per heavy atom. The van der Waals surface area contributed by atoms with Gasteiger partial charge in [0.05, 0.1) is 0 Å². The minimum atomic E-state index is 0.153. The van der Waals surface area contributed by atoms with Crippen molar-refractivity contribution >= 4 is 12.6 Å². The van der Waals surface area contributed by atoms with Crippen LogP contribution in [0.2, 0.25) is 0 Å². The van der Waals surface area contributed by atoms with Crippen LogP contribution in [-0.4, -0.2) is 12.6 Å². The van der Waals surface area contributed by atoms with Crippen LogP contribution in [0.25, 0.3) is 0 Å². The fourth-order valence-corrected chi connectivity index (χ4v) is 1.22. The first-order valence-electron chi connectivity index (χ1n) is 3.20. The van der Waals surface area contributed by atoms with Gasteiger partial charge in [-0.15, -0.1) is 0 Å². The Morgan fingerprint density at radius 1 is 1.22 bits per heavy atom. The molecule has 2 unspecified atom stereocenters. The Balaban J connectivity index is 2.40. The smallest absolute Gasteiger partial charge is 0.123 e. The van der Waals surface area contributed by atoms with Gasteiger partial charge in [0.15, 0.2) is 0 Å². The molecule has 9 heavy (non-hydrogen) atoms. The molecule has 0 radical (unpaired) electrons. The molecule has 2 atom stereocenters. The van der Waals surface area contributed by atoms with E-state index >= 15 is 0 Å². The summed E-state index contributed by atoms with van der Waals surface area (Å²) < 4.78 is 0. The molecular weight excluding hydrogens is 116 g/mol. The van der Waals surface area contributed by atoms with E-state index in [1.165, 1.54) is 0 Å². The largest absolute Gasteiger partial charge is 0.303 e. The second-order valence-corrected chi connectivity index (χ2v) is 2.69. The van der Waals surface area contributed by atoms with Crippen molar-refractivity contribution in [1.82, 2.24) is 0 Å². The monoisotopic (exact) mass is 126 g/mol. The Bertz CT molecular complexity index is 117. The van der Waals surface area contributed by atoms with Crippen molar-refractivity contribution in [2.24, 2.45) is 17.8 Å². The van der Waals surface area contributed by atoms with Crippen molar-refractivity contribution in [2.45, 2.75) is 13.3 Å². The van der Waals surface area contributed by atoms with Crippen molar-refractivity contribution in [3.8, 4) is 0 Å². The highest BCUT2D eigenvalue weighted by Gasteiger charge is 2.36. The van der Waals surface area contributed by atoms with Crippen LogP contribution in [0.1, 0.15) is 13.3 Å². The summed E-state index contributed by atoms with van der Waals surface area (Å²) in [6, 6.07) is 0. The van der Waals surface area contributed by atoms with Gasteiger partial charge >= 0.3 is 0 Å². The van der Waals surface area contributed by atoms with Crippen LogP contribution in [0, 0.1) is 17.8 Å².